The monoisotopic (exact) mass is 259 g/mol. The van der Waals surface area contributed by atoms with Crippen LogP contribution >= 0.6 is 11.8 Å². The molecule has 0 radical (unpaired) electrons. The van der Waals surface area contributed by atoms with Crippen LogP contribution in [-0.4, -0.2) is 35.5 Å². The molecule has 1 aliphatic heterocycles. The molecule has 0 aromatic rings. The zero-order valence-corrected chi connectivity index (χ0v) is 11.5. The smallest absolute Gasteiger partial charge is 0.408 e. The molecular formula is C12H21NO3S. The van der Waals surface area contributed by atoms with Gasteiger partial charge in [0.25, 0.3) is 0 Å². The number of thioether (sulfide) groups is 1. The Morgan fingerprint density at radius 2 is 2.24 bits per heavy atom. The Hall–Kier alpha value is -0.710. The molecule has 1 fully saturated rings. The summed E-state index contributed by atoms with van der Waals surface area (Å²) in [6, 6.07) is -0.419. The first-order chi connectivity index (χ1) is 7.92. The molecule has 2 unspecified atom stereocenters. The third-order valence-electron chi connectivity index (χ3n) is 2.53. The summed E-state index contributed by atoms with van der Waals surface area (Å²) in [5, 5.41) is 2.65. The molecular weight excluding hydrogens is 238 g/mol. The maximum Gasteiger partial charge on any atom is 0.408 e. The van der Waals surface area contributed by atoms with Crippen molar-refractivity contribution in [2.45, 2.75) is 45.3 Å². The average Bonchev–Trinajstić information content (AvgIpc) is 2.24. The Kier molecular flexibility index (Phi) is 5.31. The van der Waals surface area contributed by atoms with Crippen molar-refractivity contribution in [3.8, 4) is 0 Å². The minimum Gasteiger partial charge on any atom is -0.444 e. The van der Waals surface area contributed by atoms with Crippen LogP contribution in [0.25, 0.3) is 0 Å². The van der Waals surface area contributed by atoms with E-state index in [0.29, 0.717) is 0 Å². The predicted octanol–water partition coefficient (Wildman–Crippen LogP) is 2.22. The summed E-state index contributed by atoms with van der Waals surface area (Å²) in [6.07, 6.45) is 2.41. The summed E-state index contributed by atoms with van der Waals surface area (Å²) in [6.45, 7) is 5.41. The molecule has 1 saturated heterocycles. The lowest BCUT2D eigenvalue weighted by Crippen LogP contribution is -2.45. The summed E-state index contributed by atoms with van der Waals surface area (Å²) in [5.41, 5.74) is -0.529. The number of carbonyl (C=O) groups excluding carboxylic acids is 2. The van der Waals surface area contributed by atoms with E-state index < -0.39 is 17.7 Å². The molecule has 0 aliphatic carbocycles. The van der Waals surface area contributed by atoms with Crippen molar-refractivity contribution in [3.05, 3.63) is 0 Å². The highest BCUT2D eigenvalue weighted by atomic mass is 32.2. The summed E-state index contributed by atoms with van der Waals surface area (Å²) in [4.78, 5) is 22.6. The van der Waals surface area contributed by atoms with Gasteiger partial charge in [-0.25, -0.2) is 4.79 Å². The molecule has 1 N–H and O–H groups in total. The molecule has 1 aliphatic rings. The quantitative estimate of drug-likeness (QED) is 0.790. The highest BCUT2D eigenvalue weighted by Gasteiger charge is 2.26. The minimum atomic E-state index is -0.529. The van der Waals surface area contributed by atoms with E-state index in [4.69, 9.17) is 4.74 Å². The number of rotatable bonds is 3. The molecule has 1 rings (SSSR count). The van der Waals surface area contributed by atoms with Crippen LogP contribution in [0.3, 0.4) is 0 Å². The fraction of sp³-hybridized carbons (Fsp3) is 0.833. The van der Waals surface area contributed by atoms with E-state index in [1.807, 2.05) is 11.8 Å². The number of hydrogen-bond donors (Lipinski definition) is 1. The van der Waals surface area contributed by atoms with Gasteiger partial charge in [-0.1, -0.05) is 0 Å². The lowest BCUT2D eigenvalue weighted by atomic mass is 9.97. The Labute approximate surface area is 107 Å². The number of carbonyl (C=O) groups is 2. The van der Waals surface area contributed by atoms with Gasteiger partial charge in [-0.2, -0.15) is 11.8 Å². The van der Waals surface area contributed by atoms with Gasteiger partial charge in [0.15, 0.2) is 0 Å². The molecule has 4 nitrogen and oxygen atoms in total. The second-order valence-electron chi connectivity index (χ2n) is 5.29. The van der Waals surface area contributed by atoms with Crippen molar-refractivity contribution in [2.75, 3.05) is 11.5 Å². The van der Waals surface area contributed by atoms with Gasteiger partial charge in [0.05, 0.1) is 6.04 Å². The highest BCUT2D eigenvalue weighted by molar-refractivity contribution is 7.99. The van der Waals surface area contributed by atoms with Gasteiger partial charge in [-0.05, 0) is 51.0 Å². The molecule has 1 heterocycles. The largest absolute Gasteiger partial charge is 0.444 e. The molecule has 2 atom stereocenters. The highest BCUT2D eigenvalue weighted by Crippen LogP contribution is 2.24. The number of hydrogen-bond acceptors (Lipinski definition) is 4. The van der Waals surface area contributed by atoms with Gasteiger partial charge >= 0.3 is 6.09 Å². The third kappa shape index (κ3) is 5.44. The van der Waals surface area contributed by atoms with Gasteiger partial charge in [0.1, 0.15) is 11.9 Å². The average molecular weight is 259 g/mol. The number of amides is 1. The maximum atomic E-state index is 11.6. The van der Waals surface area contributed by atoms with E-state index in [0.717, 1.165) is 30.6 Å². The minimum absolute atomic E-state index is 0.235. The van der Waals surface area contributed by atoms with Crippen molar-refractivity contribution in [3.63, 3.8) is 0 Å². The summed E-state index contributed by atoms with van der Waals surface area (Å²) in [7, 11) is 0. The van der Waals surface area contributed by atoms with E-state index in [9.17, 15) is 9.59 Å². The van der Waals surface area contributed by atoms with Gasteiger partial charge in [-0.3, -0.25) is 0 Å². The lowest BCUT2D eigenvalue weighted by molar-refractivity contribution is -0.110. The number of nitrogens with one attached hydrogen (secondary N) is 1. The van der Waals surface area contributed by atoms with E-state index >= 15 is 0 Å². The number of aldehydes is 1. The Bertz CT molecular complexity index is 269. The summed E-state index contributed by atoms with van der Waals surface area (Å²) < 4.78 is 5.15. The van der Waals surface area contributed by atoms with Gasteiger partial charge in [0.2, 0.25) is 0 Å². The van der Waals surface area contributed by atoms with Crippen LogP contribution in [0.1, 0.15) is 33.6 Å². The molecule has 5 heteroatoms. The van der Waals surface area contributed by atoms with Crippen molar-refractivity contribution in [2.24, 2.45) is 5.92 Å². The molecule has 0 aromatic heterocycles. The van der Waals surface area contributed by atoms with Crippen molar-refractivity contribution >= 4 is 24.1 Å². The Morgan fingerprint density at radius 1 is 1.53 bits per heavy atom. The van der Waals surface area contributed by atoms with Crippen LogP contribution in [0, 0.1) is 5.92 Å². The van der Waals surface area contributed by atoms with Crippen LogP contribution in [0.15, 0.2) is 0 Å². The van der Waals surface area contributed by atoms with Crippen molar-refractivity contribution in [1.29, 1.82) is 0 Å². The van der Waals surface area contributed by atoms with Gasteiger partial charge in [-0.15, -0.1) is 0 Å². The first kappa shape index (κ1) is 14.4. The van der Waals surface area contributed by atoms with Crippen molar-refractivity contribution in [1.82, 2.24) is 5.32 Å². The molecule has 98 valence electrons. The third-order valence-corrected chi connectivity index (χ3v) is 3.77. The first-order valence-electron chi connectivity index (χ1n) is 5.95. The molecule has 0 spiro atoms. The standard InChI is InChI=1S/C12H21NO3S/c1-12(2,3)16-11(15)13-10(7-14)9-5-4-6-17-8-9/h7,9-10H,4-6,8H2,1-3H3,(H,13,15). The fourth-order valence-electron chi connectivity index (χ4n) is 1.76. The van der Waals surface area contributed by atoms with E-state index in [-0.39, 0.29) is 5.92 Å². The first-order valence-corrected chi connectivity index (χ1v) is 7.10. The normalized spacial score (nSPS) is 22.6. The SMILES string of the molecule is CC(C)(C)OC(=O)NC(C=O)C1CCCSC1. The van der Waals surface area contributed by atoms with Crippen LogP contribution < -0.4 is 5.32 Å². The van der Waals surface area contributed by atoms with Crippen molar-refractivity contribution < 1.29 is 14.3 Å². The van der Waals surface area contributed by atoms with E-state index in [1.54, 1.807) is 20.8 Å². The molecule has 1 amide bonds. The van der Waals surface area contributed by atoms with E-state index in [2.05, 4.69) is 5.32 Å². The summed E-state index contributed by atoms with van der Waals surface area (Å²) >= 11 is 1.84. The number of ether oxygens (including phenoxy) is 1. The second kappa shape index (κ2) is 6.28. The molecule has 0 bridgehead atoms. The van der Waals surface area contributed by atoms with Crippen LogP contribution in [0.4, 0.5) is 4.79 Å². The van der Waals surface area contributed by atoms with Crippen LogP contribution in [0.5, 0.6) is 0 Å². The van der Waals surface area contributed by atoms with Gasteiger partial charge in [0, 0.05) is 0 Å². The van der Waals surface area contributed by atoms with E-state index in [1.165, 1.54) is 0 Å². The number of alkyl carbamates (subject to hydrolysis) is 1. The molecule has 0 aromatic carbocycles. The second-order valence-corrected chi connectivity index (χ2v) is 6.44. The fourth-order valence-corrected chi connectivity index (χ4v) is 2.97. The van der Waals surface area contributed by atoms with Gasteiger partial charge < -0.3 is 14.8 Å². The zero-order valence-electron chi connectivity index (χ0n) is 10.7. The maximum absolute atomic E-state index is 11.6. The summed E-state index contributed by atoms with van der Waals surface area (Å²) in [5.74, 6) is 2.31. The zero-order chi connectivity index (χ0) is 12.9. The topological polar surface area (TPSA) is 55.4 Å². The predicted molar refractivity (Wildman–Crippen MR) is 69.3 cm³/mol. The molecule has 0 saturated carbocycles. The Morgan fingerprint density at radius 3 is 2.71 bits per heavy atom. The molecule has 17 heavy (non-hydrogen) atoms. The van der Waals surface area contributed by atoms with Crippen LogP contribution in [-0.2, 0) is 9.53 Å². The lowest BCUT2D eigenvalue weighted by Gasteiger charge is -2.28. The Balaban J connectivity index is 2.45. The van der Waals surface area contributed by atoms with Crippen LogP contribution in [0.2, 0.25) is 0 Å².